The molecule has 0 radical (unpaired) electrons. The van der Waals surface area contributed by atoms with E-state index >= 15 is 0 Å². The zero-order valence-corrected chi connectivity index (χ0v) is 12.4. The van der Waals surface area contributed by atoms with Crippen LogP contribution in [0.2, 0.25) is 0 Å². The van der Waals surface area contributed by atoms with Gasteiger partial charge in [0.2, 0.25) is 0 Å². The lowest BCUT2D eigenvalue weighted by Gasteiger charge is -2.39. The predicted octanol–water partition coefficient (Wildman–Crippen LogP) is 2.87. The molecule has 2 saturated carbocycles. The van der Waals surface area contributed by atoms with Gasteiger partial charge in [-0.2, -0.15) is 0 Å². The third-order valence-corrected chi connectivity index (χ3v) is 6.16. The minimum Gasteiger partial charge on any atom is -0.460 e. The molecule has 4 unspecified atom stereocenters. The molecule has 0 amide bonds. The number of esters is 1. The van der Waals surface area contributed by atoms with E-state index in [-0.39, 0.29) is 22.9 Å². The maximum absolute atomic E-state index is 12.1. The third kappa shape index (κ3) is 1.70. The van der Waals surface area contributed by atoms with Gasteiger partial charge in [-0.15, -0.1) is 0 Å². The van der Waals surface area contributed by atoms with Gasteiger partial charge in [-0.1, -0.05) is 27.7 Å². The van der Waals surface area contributed by atoms with E-state index in [9.17, 15) is 4.79 Å². The molecule has 3 heteroatoms. The number of carbonyl (C=O) groups is 1. The van der Waals surface area contributed by atoms with E-state index in [0.29, 0.717) is 12.3 Å². The highest BCUT2D eigenvalue weighted by atomic mass is 16.5. The highest BCUT2D eigenvalue weighted by Gasteiger charge is 2.63. The average Bonchev–Trinajstić information content (AvgIpc) is 2.62. The smallest absolute Gasteiger partial charge is 0.326 e. The fraction of sp³-hybridized carbons (Fsp3) is 0.933. The van der Waals surface area contributed by atoms with Crippen LogP contribution in [0.4, 0.5) is 0 Å². The molecule has 4 atom stereocenters. The average molecular weight is 253 g/mol. The molecule has 104 valence electrons. The second kappa shape index (κ2) is 3.96. The van der Waals surface area contributed by atoms with Gasteiger partial charge in [-0.05, 0) is 43.9 Å². The number of hydrogen-bond acceptors (Lipinski definition) is 3. The van der Waals surface area contributed by atoms with Gasteiger partial charge in [0, 0.05) is 5.41 Å². The molecule has 0 saturated heterocycles. The van der Waals surface area contributed by atoms with E-state index < -0.39 is 5.54 Å². The van der Waals surface area contributed by atoms with Crippen molar-refractivity contribution in [1.29, 1.82) is 0 Å². The van der Waals surface area contributed by atoms with Gasteiger partial charge in [0.15, 0.2) is 0 Å². The number of carbonyl (C=O) groups excluding carboxylic acids is 1. The molecular weight excluding hydrogens is 226 g/mol. The summed E-state index contributed by atoms with van der Waals surface area (Å²) in [5.41, 5.74) is 5.52. The Balaban J connectivity index is 2.12. The second-order valence-electron chi connectivity index (χ2n) is 7.28. The van der Waals surface area contributed by atoms with Crippen LogP contribution in [0.1, 0.15) is 60.3 Å². The van der Waals surface area contributed by atoms with E-state index in [1.54, 1.807) is 6.92 Å². The Morgan fingerprint density at radius 3 is 2.44 bits per heavy atom. The summed E-state index contributed by atoms with van der Waals surface area (Å²) in [6.45, 7) is 10.6. The molecule has 2 N–H and O–H groups in total. The fourth-order valence-electron chi connectivity index (χ4n) is 3.72. The molecule has 0 spiro atoms. The normalized spacial score (nSPS) is 40.6. The maximum atomic E-state index is 12.1. The SMILES string of the molecule is CCC(C)(N)C(=O)OC1CC2CCC1(C)C2(C)C. The number of hydrogen-bond donors (Lipinski definition) is 1. The van der Waals surface area contributed by atoms with E-state index in [0.717, 1.165) is 12.8 Å². The lowest BCUT2D eigenvalue weighted by atomic mass is 9.70. The first-order valence-electron chi connectivity index (χ1n) is 7.15. The second-order valence-corrected chi connectivity index (χ2v) is 7.28. The van der Waals surface area contributed by atoms with Crippen LogP contribution in [-0.4, -0.2) is 17.6 Å². The first-order valence-corrected chi connectivity index (χ1v) is 7.15. The van der Waals surface area contributed by atoms with Gasteiger partial charge in [0.25, 0.3) is 0 Å². The zero-order valence-electron chi connectivity index (χ0n) is 12.4. The Morgan fingerprint density at radius 2 is 2.06 bits per heavy atom. The summed E-state index contributed by atoms with van der Waals surface area (Å²) in [7, 11) is 0. The van der Waals surface area contributed by atoms with E-state index in [4.69, 9.17) is 10.5 Å². The molecule has 2 bridgehead atoms. The first-order chi connectivity index (χ1) is 8.15. The molecule has 0 heterocycles. The summed E-state index contributed by atoms with van der Waals surface area (Å²) < 4.78 is 5.78. The van der Waals surface area contributed by atoms with Crippen molar-refractivity contribution in [2.45, 2.75) is 71.9 Å². The van der Waals surface area contributed by atoms with E-state index in [2.05, 4.69) is 20.8 Å². The van der Waals surface area contributed by atoms with Crippen LogP contribution < -0.4 is 5.73 Å². The Bertz CT molecular complexity index is 362. The Labute approximate surface area is 110 Å². The quantitative estimate of drug-likeness (QED) is 0.787. The maximum Gasteiger partial charge on any atom is 0.326 e. The molecule has 2 aliphatic rings. The standard InChI is InChI=1S/C15H27NO2/c1-6-15(5,16)12(17)18-11-9-10-7-8-14(11,4)13(10,2)3/h10-11H,6-9,16H2,1-5H3. The van der Waals surface area contributed by atoms with Crippen LogP contribution in [0, 0.1) is 16.7 Å². The molecule has 2 fully saturated rings. The number of fused-ring (bicyclic) bond motifs is 2. The molecule has 0 aromatic carbocycles. The lowest BCUT2D eigenvalue weighted by molar-refractivity contribution is -0.163. The number of rotatable bonds is 3. The summed E-state index contributed by atoms with van der Waals surface area (Å²) in [4.78, 5) is 12.1. The fourth-order valence-corrected chi connectivity index (χ4v) is 3.72. The highest BCUT2D eigenvalue weighted by Crippen LogP contribution is 2.66. The molecule has 0 aliphatic heterocycles. The molecule has 0 aromatic heterocycles. The van der Waals surface area contributed by atoms with Gasteiger partial charge < -0.3 is 10.5 Å². The highest BCUT2D eigenvalue weighted by molar-refractivity contribution is 5.80. The van der Waals surface area contributed by atoms with Crippen molar-refractivity contribution in [2.24, 2.45) is 22.5 Å². The van der Waals surface area contributed by atoms with E-state index in [1.807, 2.05) is 6.92 Å². The van der Waals surface area contributed by atoms with Crippen molar-refractivity contribution in [3.8, 4) is 0 Å². The van der Waals surface area contributed by atoms with Crippen LogP contribution in [-0.2, 0) is 9.53 Å². The van der Waals surface area contributed by atoms with Crippen LogP contribution in [0.3, 0.4) is 0 Å². The van der Waals surface area contributed by atoms with Gasteiger partial charge >= 0.3 is 5.97 Å². The van der Waals surface area contributed by atoms with Crippen molar-refractivity contribution in [3.05, 3.63) is 0 Å². The Kier molecular flexibility index (Phi) is 3.05. The molecule has 2 rings (SSSR count). The van der Waals surface area contributed by atoms with Crippen LogP contribution >= 0.6 is 0 Å². The van der Waals surface area contributed by atoms with Gasteiger partial charge in [0.05, 0.1) is 0 Å². The largest absolute Gasteiger partial charge is 0.460 e. The molecule has 0 aromatic rings. The summed E-state index contributed by atoms with van der Waals surface area (Å²) in [6.07, 6.45) is 4.10. The molecule has 2 aliphatic carbocycles. The summed E-state index contributed by atoms with van der Waals surface area (Å²) >= 11 is 0. The van der Waals surface area contributed by atoms with Gasteiger partial charge in [-0.3, -0.25) is 4.79 Å². The molecule has 3 nitrogen and oxygen atoms in total. The van der Waals surface area contributed by atoms with E-state index in [1.165, 1.54) is 6.42 Å². The number of nitrogens with two attached hydrogens (primary N) is 1. The van der Waals surface area contributed by atoms with Crippen LogP contribution in [0.5, 0.6) is 0 Å². The topological polar surface area (TPSA) is 52.3 Å². The summed E-state index contributed by atoms with van der Waals surface area (Å²) in [6, 6.07) is 0. The van der Waals surface area contributed by atoms with Crippen molar-refractivity contribution >= 4 is 5.97 Å². The lowest BCUT2D eigenvalue weighted by Crippen LogP contribution is -2.49. The Morgan fingerprint density at radius 1 is 1.44 bits per heavy atom. The van der Waals surface area contributed by atoms with Crippen LogP contribution in [0.25, 0.3) is 0 Å². The summed E-state index contributed by atoms with van der Waals surface area (Å²) in [5.74, 6) is 0.450. The van der Waals surface area contributed by atoms with Crippen molar-refractivity contribution in [1.82, 2.24) is 0 Å². The van der Waals surface area contributed by atoms with Crippen molar-refractivity contribution < 1.29 is 9.53 Å². The third-order valence-electron chi connectivity index (χ3n) is 6.16. The van der Waals surface area contributed by atoms with Crippen molar-refractivity contribution in [3.63, 3.8) is 0 Å². The van der Waals surface area contributed by atoms with Crippen LogP contribution in [0.15, 0.2) is 0 Å². The number of ether oxygens (including phenoxy) is 1. The predicted molar refractivity (Wildman–Crippen MR) is 72.0 cm³/mol. The monoisotopic (exact) mass is 253 g/mol. The minimum absolute atomic E-state index is 0.0492. The Hall–Kier alpha value is -0.570. The van der Waals surface area contributed by atoms with Gasteiger partial charge in [-0.25, -0.2) is 0 Å². The molecule has 18 heavy (non-hydrogen) atoms. The van der Waals surface area contributed by atoms with Gasteiger partial charge in [0.1, 0.15) is 11.6 Å². The first kappa shape index (κ1) is 13.9. The minimum atomic E-state index is -0.845. The molecular formula is C15H27NO2. The zero-order chi connectivity index (χ0) is 13.8. The van der Waals surface area contributed by atoms with Crippen molar-refractivity contribution in [2.75, 3.05) is 0 Å². The summed E-state index contributed by atoms with van der Waals surface area (Å²) in [5, 5.41) is 0.